The number of hydrogen-bond donors (Lipinski definition) is 1. The van der Waals surface area contributed by atoms with Gasteiger partial charge < -0.3 is 4.90 Å². The molecule has 4 rings (SSSR count). The predicted octanol–water partition coefficient (Wildman–Crippen LogP) is 4.81. The zero-order chi connectivity index (χ0) is 20.4. The van der Waals surface area contributed by atoms with E-state index in [1.807, 2.05) is 4.90 Å². The lowest BCUT2D eigenvalue weighted by molar-refractivity contribution is -0.131. The third kappa shape index (κ3) is 4.38. The second kappa shape index (κ2) is 8.42. The first kappa shape index (κ1) is 19.7. The molecule has 1 unspecified atom stereocenters. The van der Waals surface area contributed by atoms with Gasteiger partial charge in [0.15, 0.2) is 5.13 Å². The Labute approximate surface area is 176 Å². The average Bonchev–Trinajstić information content (AvgIpc) is 3.43. The molecule has 0 bridgehead atoms. The number of thiazole rings is 1. The van der Waals surface area contributed by atoms with E-state index in [2.05, 4.69) is 29.4 Å². The quantitative estimate of drug-likeness (QED) is 0.633. The van der Waals surface area contributed by atoms with Gasteiger partial charge in [-0.3, -0.25) is 14.9 Å². The summed E-state index contributed by atoms with van der Waals surface area (Å²) in [6, 6.07) is 10.1. The first-order valence-corrected chi connectivity index (χ1v) is 11.1. The lowest BCUT2D eigenvalue weighted by Gasteiger charge is -2.23. The minimum Gasteiger partial charge on any atom is -0.335 e. The molecule has 1 aliphatic rings. The number of likely N-dealkylation sites (tertiary alicyclic amines) is 1. The molecule has 0 aliphatic carbocycles. The number of aryl methyl sites for hydroxylation is 1. The van der Waals surface area contributed by atoms with E-state index in [4.69, 9.17) is 0 Å². The Hall–Kier alpha value is -2.58. The second-order valence-corrected chi connectivity index (χ2v) is 9.13. The summed E-state index contributed by atoms with van der Waals surface area (Å²) in [6.45, 7) is 2.82. The molecule has 0 saturated carbocycles. The summed E-state index contributed by atoms with van der Waals surface area (Å²) in [7, 11) is 0. The number of hydrogen-bond acceptors (Lipinski definition) is 5. The van der Waals surface area contributed by atoms with Crippen LogP contribution >= 0.6 is 22.7 Å². The fourth-order valence-electron chi connectivity index (χ4n) is 3.51. The highest BCUT2D eigenvalue weighted by molar-refractivity contribution is 7.14. The Morgan fingerprint density at radius 2 is 2.10 bits per heavy atom. The molecule has 8 heteroatoms. The van der Waals surface area contributed by atoms with Crippen LogP contribution in [0.5, 0.6) is 0 Å². The lowest BCUT2D eigenvalue weighted by Crippen LogP contribution is -2.31. The van der Waals surface area contributed by atoms with Gasteiger partial charge >= 0.3 is 0 Å². The van der Waals surface area contributed by atoms with Gasteiger partial charge in [0.05, 0.1) is 23.7 Å². The van der Waals surface area contributed by atoms with Gasteiger partial charge in [0.25, 0.3) is 5.91 Å². The van der Waals surface area contributed by atoms with Crippen LogP contribution in [0.4, 0.5) is 9.52 Å². The van der Waals surface area contributed by atoms with Crippen LogP contribution in [-0.2, 0) is 11.2 Å². The van der Waals surface area contributed by atoms with Crippen molar-refractivity contribution in [3.63, 3.8) is 0 Å². The predicted molar refractivity (Wildman–Crippen MR) is 113 cm³/mol. The largest absolute Gasteiger partial charge is 0.335 e. The minimum atomic E-state index is -0.583. The number of rotatable bonds is 5. The molecule has 3 heterocycles. The number of halogens is 1. The molecular formula is C21H20FN3O2S2. The Balaban J connectivity index is 1.40. The van der Waals surface area contributed by atoms with Gasteiger partial charge in [0, 0.05) is 21.7 Å². The SMILES string of the molecule is Cc1ccc(C2CCCN2C(=O)Cc2csc(NC(=O)c3ccccc3F)n2)s1. The first-order chi connectivity index (χ1) is 14.0. The molecule has 1 saturated heterocycles. The number of anilines is 1. The van der Waals surface area contributed by atoms with Crippen molar-refractivity contribution in [3.05, 3.63) is 68.6 Å². The smallest absolute Gasteiger partial charge is 0.260 e. The van der Waals surface area contributed by atoms with E-state index in [9.17, 15) is 14.0 Å². The van der Waals surface area contributed by atoms with Crippen molar-refractivity contribution in [2.45, 2.75) is 32.2 Å². The third-order valence-corrected chi connectivity index (χ3v) is 6.79. The fraction of sp³-hybridized carbons (Fsp3) is 0.286. The van der Waals surface area contributed by atoms with E-state index in [0.29, 0.717) is 10.8 Å². The second-order valence-electron chi connectivity index (χ2n) is 6.95. The van der Waals surface area contributed by atoms with E-state index in [-0.39, 0.29) is 23.9 Å². The molecule has 1 aliphatic heterocycles. The summed E-state index contributed by atoms with van der Waals surface area (Å²) in [5, 5.41) is 4.72. The molecule has 0 radical (unpaired) electrons. The highest BCUT2D eigenvalue weighted by Crippen LogP contribution is 2.36. The standard InChI is InChI=1S/C21H20FN3O2S2/c1-13-8-9-18(29-13)17-7-4-10-25(17)19(26)11-14-12-28-21(23-14)24-20(27)15-5-2-3-6-16(15)22/h2-3,5-6,8-9,12,17H,4,7,10-11H2,1H3,(H,23,24,27). The van der Waals surface area contributed by atoms with Gasteiger partial charge in [-0.15, -0.1) is 22.7 Å². The number of aromatic nitrogens is 1. The van der Waals surface area contributed by atoms with Crippen molar-refractivity contribution < 1.29 is 14.0 Å². The number of amides is 2. The van der Waals surface area contributed by atoms with E-state index < -0.39 is 11.7 Å². The summed E-state index contributed by atoms with van der Waals surface area (Å²) in [4.78, 5) is 33.8. The van der Waals surface area contributed by atoms with Gasteiger partial charge in [0.1, 0.15) is 5.82 Å². The monoisotopic (exact) mass is 429 g/mol. The Kier molecular flexibility index (Phi) is 5.73. The minimum absolute atomic E-state index is 0.0357. The number of nitrogens with one attached hydrogen (secondary N) is 1. The summed E-state index contributed by atoms with van der Waals surface area (Å²) >= 11 is 2.97. The van der Waals surface area contributed by atoms with Crippen LogP contribution in [-0.4, -0.2) is 28.2 Å². The summed E-state index contributed by atoms with van der Waals surface area (Å²) in [5.74, 6) is -1.10. The lowest BCUT2D eigenvalue weighted by atomic mass is 10.1. The van der Waals surface area contributed by atoms with Crippen molar-refractivity contribution >= 4 is 39.6 Å². The van der Waals surface area contributed by atoms with Crippen LogP contribution in [0.25, 0.3) is 0 Å². The van der Waals surface area contributed by atoms with Crippen molar-refractivity contribution in [3.8, 4) is 0 Å². The van der Waals surface area contributed by atoms with Gasteiger partial charge in [-0.2, -0.15) is 0 Å². The maximum Gasteiger partial charge on any atom is 0.260 e. The molecule has 2 aromatic heterocycles. The van der Waals surface area contributed by atoms with Crippen LogP contribution in [0, 0.1) is 12.7 Å². The zero-order valence-electron chi connectivity index (χ0n) is 15.9. The van der Waals surface area contributed by atoms with Gasteiger partial charge in [-0.05, 0) is 44.0 Å². The normalized spacial score (nSPS) is 16.2. The number of carbonyl (C=O) groups is 2. The van der Waals surface area contributed by atoms with Crippen molar-refractivity contribution in [1.82, 2.24) is 9.88 Å². The van der Waals surface area contributed by atoms with Crippen LogP contribution in [0.15, 0.2) is 41.8 Å². The van der Waals surface area contributed by atoms with E-state index >= 15 is 0 Å². The molecule has 150 valence electrons. The highest BCUT2D eigenvalue weighted by atomic mass is 32.1. The number of thiophene rings is 1. The van der Waals surface area contributed by atoms with Crippen LogP contribution in [0.2, 0.25) is 0 Å². The van der Waals surface area contributed by atoms with Crippen molar-refractivity contribution in [2.75, 3.05) is 11.9 Å². The molecule has 1 N–H and O–H groups in total. The molecule has 1 atom stereocenters. The van der Waals surface area contributed by atoms with Gasteiger partial charge in [-0.25, -0.2) is 9.37 Å². The number of nitrogens with zero attached hydrogens (tertiary/aromatic N) is 2. The molecule has 1 aromatic carbocycles. The summed E-state index contributed by atoms with van der Waals surface area (Å²) < 4.78 is 13.7. The van der Waals surface area contributed by atoms with Gasteiger partial charge in [0.2, 0.25) is 5.91 Å². The number of benzene rings is 1. The maximum atomic E-state index is 13.7. The van der Waals surface area contributed by atoms with Crippen LogP contribution in [0.3, 0.4) is 0 Å². The molecule has 0 spiro atoms. The molecule has 29 heavy (non-hydrogen) atoms. The highest BCUT2D eigenvalue weighted by Gasteiger charge is 2.31. The molecule has 5 nitrogen and oxygen atoms in total. The van der Waals surface area contributed by atoms with E-state index in [1.54, 1.807) is 22.8 Å². The van der Waals surface area contributed by atoms with E-state index in [0.717, 1.165) is 19.4 Å². The van der Waals surface area contributed by atoms with Crippen LogP contribution in [0.1, 0.15) is 44.7 Å². The molecule has 2 amide bonds. The topological polar surface area (TPSA) is 62.3 Å². The molecule has 1 fully saturated rings. The zero-order valence-corrected chi connectivity index (χ0v) is 17.5. The average molecular weight is 430 g/mol. The maximum absolute atomic E-state index is 13.7. The van der Waals surface area contributed by atoms with Crippen molar-refractivity contribution in [2.24, 2.45) is 0 Å². The molecule has 3 aromatic rings. The van der Waals surface area contributed by atoms with Crippen molar-refractivity contribution in [1.29, 1.82) is 0 Å². The Morgan fingerprint density at radius 3 is 2.86 bits per heavy atom. The number of carbonyl (C=O) groups excluding carboxylic acids is 2. The fourth-order valence-corrected chi connectivity index (χ4v) is 5.24. The summed E-state index contributed by atoms with van der Waals surface area (Å²) in [5.41, 5.74) is 0.573. The van der Waals surface area contributed by atoms with Gasteiger partial charge in [-0.1, -0.05) is 12.1 Å². The van der Waals surface area contributed by atoms with E-state index in [1.165, 1.54) is 39.3 Å². The molecular weight excluding hydrogens is 409 g/mol. The third-order valence-electron chi connectivity index (χ3n) is 4.89. The van der Waals surface area contributed by atoms with Crippen LogP contribution < -0.4 is 5.32 Å². The first-order valence-electron chi connectivity index (χ1n) is 9.37. The Bertz CT molecular complexity index is 1050. The summed E-state index contributed by atoms with van der Waals surface area (Å²) in [6.07, 6.45) is 2.16. The Morgan fingerprint density at radius 1 is 1.28 bits per heavy atom.